The molecule has 6 nitrogen and oxygen atoms in total. The number of aryl methyl sites for hydroxylation is 2. The number of guanidine groups is 1. The van der Waals surface area contributed by atoms with Crippen LogP contribution in [0.4, 0.5) is 18.9 Å². The second kappa shape index (κ2) is 8.92. The van der Waals surface area contributed by atoms with Crippen LogP contribution in [-0.4, -0.2) is 22.1 Å². The van der Waals surface area contributed by atoms with Crippen LogP contribution in [-0.2, 0) is 20.0 Å². The standard InChI is InChI=1S/C15H18F3N5O.HI/c1-3-13-10(9-23(2)22-13)8-20-14(19)21-11-4-6-12(7-5-11)24-15(16,17)18;/h4-7,9H,3,8H2,1-2H3,(H3,19,20,21);1H. The molecule has 1 heterocycles. The van der Waals surface area contributed by atoms with Gasteiger partial charge in [0.1, 0.15) is 5.75 Å². The summed E-state index contributed by atoms with van der Waals surface area (Å²) in [4.78, 5) is 4.21. The van der Waals surface area contributed by atoms with E-state index in [2.05, 4.69) is 20.1 Å². The van der Waals surface area contributed by atoms with Crippen molar-refractivity contribution in [1.29, 1.82) is 0 Å². The lowest BCUT2D eigenvalue weighted by Gasteiger charge is -2.10. The molecule has 0 radical (unpaired) electrons. The molecule has 0 atom stereocenters. The Morgan fingerprint density at radius 2 is 1.96 bits per heavy atom. The number of hydrogen-bond acceptors (Lipinski definition) is 3. The molecule has 1 aromatic carbocycles. The minimum absolute atomic E-state index is 0. The Balaban J connectivity index is 0.00000312. The van der Waals surface area contributed by atoms with Crippen molar-refractivity contribution in [3.05, 3.63) is 41.7 Å². The van der Waals surface area contributed by atoms with Crippen molar-refractivity contribution in [2.24, 2.45) is 17.8 Å². The molecular formula is C15H19F3IN5O. The van der Waals surface area contributed by atoms with E-state index in [0.29, 0.717) is 12.2 Å². The van der Waals surface area contributed by atoms with Gasteiger partial charge in [-0.2, -0.15) is 5.10 Å². The zero-order chi connectivity index (χ0) is 17.7. The normalized spacial score (nSPS) is 11.8. The number of aromatic nitrogens is 2. The van der Waals surface area contributed by atoms with Crippen LogP contribution in [0.1, 0.15) is 18.2 Å². The fraction of sp³-hybridized carbons (Fsp3) is 0.333. The van der Waals surface area contributed by atoms with Gasteiger partial charge in [0.05, 0.1) is 12.2 Å². The van der Waals surface area contributed by atoms with Crippen LogP contribution in [0.25, 0.3) is 0 Å². The fourth-order valence-electron chi connectivity index (χ4n) is 2.11. The van der Waals surface area contributed by atoms with Gasteiger partial charge in [0.25, 0.3) is 0 Å². The zero-order valence-corrected chi connectivity index (χ0v) is 16.0. The number of benzene rings is 1. The quantitative estimate of drug-likeness (QED) is 0.400. The summed E-state index contributed by atoms with van der Waals surface area (Å²) in [6.07, 6.45) is -2.05. The molecule has 3 N–H and O–H groups in total. The molecule has 0 saturated carbocycles. The number of alkyl halides is 3. The van der Waals surface area contributed by atoms with Crippen LogP contribution in [0.2, 0.25) is 0 Å². The zero-order valence-electron chi connectivity index (χ0n) is 13.7. The van der Waals surface area contributed by atoms with Crippen molar-refractivity contribution in [1.82, 2.24) is 9.78 Å². The number of nitrogens with zero attached hydrogens (tertiary/aromatic N) is 3. The van der Waals surface area contributed by atoms with Gasteiger partial charge >= 0.3 is 6.36 Å². The first kappa shape index (κ1) is 21.1. The molecule has 0 aliphatic heterocycles. The lowest BCUT2D eigenvalue weighted by Crippen LogP contribution is -2.22. The van der Waals surface area contributed by atoms with Gasteiger partial charge in [-0.05, 0) is 30.7 Å². The molecule has 0 saturated heterocycles. The summed E-state index contributed by atoms with van der Waals surface area (Å²) >= 11 is 0. The molecule has 25 heavy (non-hydrogen) atoms. The Bertz CT molecular complexity index is 713. The van der Waals surface area contributed by atoms with E-state index in [1.165, 1.54) is 24.3 Å². The second-order valence-electron chi connectivity index (χ2n) is 5.03. The number of nitrogens with two attached hydrogens (primary N) is 1. The van der Waals surface area contributed by atoms with E-state index in [-0.39, 0.29) is 35.7 Å². The highest BCUT2D eigenvalue weighted by molar-refractivity contribution is 14.0. The van der Waals surface area contributed by atoms with Crippen molar-refractivity contribution >= 4 is 35.6 Å². The van der Waals surface area contributed by atoms with Gasteiger partial charge in [-0.25, -0.2) is 4.99 Å². The molecule has 0 bridgehead atoms. The van der Waals surface area contributed by atoms with Gasteiger partial charge in [0, 0.05) is 24.5 Å². The summed E-state index contributed by atoms with van der Waals surface area (Å²) in [5.41, 5.74) is 8.22. The van der Waals surface area contributed by atoms with Crippen molar-refractivity contribution < 1.29 is 17.9 Å². The first-order chi connectivity index (χ1) is 11.3. The van der Waals surface area contributed by atoms with Crippen LogP contribution in [0, 0.1) is 0 Å². The molecule has 2 rings (SSSR count). The van der Waals surface area contributed by atoms with Crippen LogP contribution >= 0.6 is 24.0 Å². The highest BCUT2D eigenvalue weighted by Crippen LogP contribution is 2.23. The molecular weight excluding hydrogens is 450 g/mol. The maximum Gasteiger partial charge on any atom is 0.573 e. The van der Waals surface area contributed by atoms with E-state index >= 15 is 0 Å². The predicted molar refractivity (Wildman–Crippen MR) is 100 cm³/mol. The molecule has 10 heteroatoms. The van der Waals surface area contributed by atoms with Crippen LogP contribution in [0.5, 0.6) is 5.75 Å². The van der Waals surface area contributed by atoms with Gasteiger partial charge in [0.2, 0.25) is 0 Å². The van der Waals surface area contributed by atoms with Crippen molar-refractivity contribution in [2.75, 3.05) is 5.32 Å². The third-order valence-corrected chi connectivity index (χ3v) is 3.11. The third-order valence-electron chi connectivity index (χ3n) is 3.11. The molecule has 0 unspecified atom stereocenters. The van der Waals surface area contributed by atoms with Gasteiger partial charge in [0.15, 0.2) is 5.96 Å². The average molecular weight is 469 g/mol. The van der Waals surface area contributed by atoms with E-state index in [4.69, 9.17) is 5.73 Å². The summed E-state index contributed by atoms with van der Waals surface area (Å²) in [5, 5.41) is 7.12. The first-order valence-corrected chi connectivity index (χ1v) is 7.21. The predicted octanol–water partition coefficient (Wildman–Crippen LogP) is 3.43. The van der Waals surface area contributed by atoms with E-state index in [1.54, 1.807) is 4.68 Å². The van der Waals surface area contributed by atoms with E-state index in [9.17, 15) is 13.2 Å². The molecule has 0 spiro atoms. The molecule has 0 amide bonds. The van der Waals surface area contributed by atoms with Gasteiger partial charge < -0.3 is 15.8 Å². The number of halogens is 4. The lowest BCUT2D eigenvalue weighted by molar-refractivity contribution is -0.274. The highest BCUT2D eigenvalue weighted by Gasteiger charge is 2.30. The molecule has 0 aliphatic rings. The summed E-state index contributed by atoms with van der Waals surface area (Å²) in [6.45, 7) is 2.37. The number of aliphatic imine (C=N–C) groups is 1. The highest BCUT2D eigenvalue weighted by atomic mass is 127. The van der Waals surface area contributed by atoms with Crippen molar-refractivity contribution in [3.8, 4) is 5.75 Å². The third kappa shape index (κ3) is 6.80. The number of rotatable bonds is 5. The Hall–Kier alpha value is -1.98. The second-order valence-corrected chi connectivity index (χ2v) is 5.03. The van der Waals surface area contributed by atoms with Crippen LogP contribution in [0.15, 0.2) is 35.5 Å². The number of hydrogen-bond donors (Lipinski definition) is 2. The Morgan fingerprint density at radius 3 is 2.52 bits per heavy atom. The summed E-state index contributed by atoms with van der Waals surface area (Å²) in [5.74, 6) is -0.142. The fourth-order valence-corrected chi connectivity index (χ4v) is 2.11. The largest absolute Gasteiger partial charge is 0.573 e. The summed E-state index contributed by atoms with van der Waals surface area (Å²) in [7, 11) is 1.83. The van der Waals surface area contributed by atoms with Gasteiger partial charge in [-0.1, -0.05) is 6.92 Å². The summed E-state index contributed by atoms with van der Waals surface area (Å²) < 4.78 is 41.8. The van der Waals surface area contributed by atoms with E-state index in [1.807, 2.05) is 20.2 Å². The smallest absolute Gasteiger partial charge is 0.406 e. The number of ether oxygens (including phenoxy) is 1. The Morgan fingerprint density at radius 1 is 1.32 bits per heavy atom. The van der Waals surface area contributed by atoms with E-state index < -0.39 is 6.36 Å². The maximum absolute atomic E-state index is 12.1. The Kier molecular flexibility index (Phi) is 7.52. The van der Waals surface area contributed by atoms with Crippen LogP contribution < -0.4 is 15.8 Å². The molecule has 138 valence electrons. The lowest BCUT2D eigenvalue weighted by atomic mass is 10.2. The Labute approximate surface area is 160 Å². The maximum atomic E-state index is 12.1. The van der Waals surface area contributed by atoms with Crippen LogP contribution in [0.3, 0.4) is 0 Å². The van der Waals surface area contributed by atoms with Gasteiger partial charge in [-0.15, -0.1) is 37.1 Å². The molecule has 1 aromatic heterocycles. The topological polar surface area (TPSA) is 77.5 Å². The van der Waals surface area contributed by atoms with Crippen molar-refractivity contribution in [3.63, 3.8) is 0 Å². The van der Waals surface area contributed by atoms with Gasteiger partial charge in [-0.3, -0.25) is 4.68 Å². The number of nitrogens with one attached hydrogen (secondary N) is 1. The molecule has 2 aromatic rings. The van der Waals surface area contributed by atoms with E-state index in [0.717, 1.165) is 17.7 Å². The first-order valence-electron chi connectivity index (χ1n) is 7.21. The molecule has 0 aliphatic carbocycles. The minimum atomic E-state index is -4.71. The monoisotopic (exact) mass is 469 g/mol. The van der Waals surface area contributed by atoms with Crippen molar-refractivity contribution in [2.45, 2.75) is 26.3 Å². The molecule has 0 fully saturated rings. The summed E-state index contributed by atoms with van der Waals surface area (Å²) in [6, 6.07) is 5.23. The average Bonchev–Trinajstić information content (AvgIpc) is 2.86. The minimum Gasteiger partial charge on any atom is -0.406 e. The number of anilines is 1. The SMILES string of the molecule is CCc1nn(C)cc1CN=C(N)Nc1ccc(OC(F)(F)F)cc1.I.